The van der Waals surface area contributed by atoms with E-state index in [2.05, 4.69) is 5.10 Å². The fraction of sp³-hybridized carbons (Fsp3) is 0.231. The third kappa shape index (κ3) is 2.89. The van der Waals surface area contributed by atoms with Crippen LogP contribution in [0.2, 0.25) is 0 Å². The predicted octanol–water partition coefficient (Wildman–Crippen LogP) is 3.21. The van der Waals surface area contributed by atoms with Crippen molar-refractivity contribution in [2.24, 2.45) is 0 Å². The Labute approximate surface area is 133 Å². The summed E-state index contributed by atoms with van der Waals surface area (Å²) in [5.41, 5.74) is 1.32. The lowest BCUT2D eigenvalue weighted by Crippen LogP contribution is -2.05. The molecule has 0 aliphatic carbocycles. The van der Waals surface area contributed by atoms with E-state index in [0.29, 0.717) is 9.26 Å². The van der Waals surface area contributed by atoms with Gasteiger partial charge in [0.25, 0.3) is 5.69 Å². The molecule has 2 aromatic rings. The number of nitro benzene ring substituents is 1. The van der Waals surface area contributed by atoms with Crippen LogP contribution >= 0.6 is 22.6 Å². The van der Waals surface area contributed by atoms with Gasteiger partial charge in [-0.25, -0.2) is 9.48 Å². The van der Waals surface area contributed by atoms with Gasteiger partial charge >= 0.3 is 5.97 Å². The number of benzene rings is 1. The summed E-state index contributed by atoms with van der Waals surface area (Å²) >= 11 is 1.96. The minimum atomic E-state index is -1.10. The van der Waals surface area contributed by atoms with Crippen molar-refractivity contribution in [1.29, 1.82) is 0 Å². The average molecular weight is 401 g/mol. The van der Waals surface area contributed by atoms with E-state index >= 15 is 0 Å². The molecule has 1 aromatic carbocycles. The van der Waals surface area contributed by atoms with Crippen LogP contribution in [0.4, 0.5) is 5.69 Å². The van der Waals surface area contributed by atoms with Crippen molar-refractivity contribution in [2.45, 2.75) is 19.8 Å². The summed E-state index contributed by atoms with van der Waals surface area (Å²) in [5, 5.41) is 24.0. The van der Waals surface area contributed by atoms with Gasteiger partial charge in [0.1, 0.15) is 0 Å². The number of nitrogens with zero attached hydrogens (tertiary/aromatic N) is 3. The standard InChI is InChI=1S/C13H12IN3O4/c1-7(2)12-10(14)11(13(18)19)15-16(12)8-3-5-9(6-4-8)17(20)21/h3-7H,1-2H3,(H,18,19). The average Bonchev–Trinajstić information content (AvgIpc) is 2.76. The molecule has 21 heavy (non-hydrogen) atoms. The Morgan fingerprint density at radius 1 is 1.38 bits per heavy atom. The van der Waals surface area contributed by atoms with Gasteiger partial charge < -0.3 is 5.11 Å². The van der Waals surface area contributed by atoms with Gasteiger partial charge in [0, 0.05) is 12.1 Å². The van der Waals surface area contributed by atoms with Crippen molar-refractivity contribution >= 4 is 34.2 Å². The predicted molar refractivity (Wildman–Crippen MR) is 84.0 cm³/mol. The van der Waals surface area contributed by atoms with Crippen molar-refractivity contribution in [3.8, 4) is 5.69 Å². The van der Waals surface area contributed by atoms with Gasteiger partial charge in [-0.3, -0.25) is 10.1 Å². The van der Waals surface area contributed by atoms with Gasteiger partial charge in [0.15, 0.2) is 5.69 Å². The molecule has 0 bridgehead atoms. The smallest absolute Gasteiger partial charge is 0.357 e. The van der Waals surface area contributed by atoms with E-state index in [0.717, 1.165) is 5.69 Å². The third-order valence-electron chi connectivity index (χ3n) is 2.92. The molecule has 7 nitrogen and oxygen atoms in total. The SMILES string of the molecule is CC(C)c1c(I)c(C(=O)O)nn1-c1ccc([N+](=O)[O-])cc1. The monoisotopic (exact) mass is 401 g/mol. The number of carbonyl (C=O) groups is 1. The maximum atomic E-state index is 11.2. The zero-order valence-corrected chi connectivity index (χ0v) is 13.4. The second-order valence-electron chi connectivity index (χ2n) is 4.69. The summed E-state index contributed by atoms with van der Waals surface area (Å²) in [7, 11) is 0. The Morgan fingerprint density at radius 2 is 1.95 bits per heavy atom. The summed E-state index contributed by atoms with van der Waals surface area (Å²) in [6, 6.07) is 5.85. The molecule has 0 saturated carbocycles. The largest absolute Gasteiger partial charge is 0.476 e. The third-order valence-corrected chi connectivity index (χ3v) is 3.98. The van der Waals surface area contributed by atoms with Crippen LogP contribution in [0.5, 0.6) is 0 Å². The molecule has 0 amide bonds. The summed E-state index contributed by atoms with van der Waals surface area (Å²) in [6.07, 6.45) is 0. The molecule has 2 rings (SSSR count). The number of rotatable bonds is 4. The highest BCUT2D eigenvalue weighted by atomic mass is 127. The van der Waals surface area contributed by atoms with E-state index in [1.54, 1.807) is 12.1 Å². The first-order valence-corrected chi connectivity index (χ1v) is 7.17. The van der Waals surface area contributed by atoms with Gasteiger partial charge in [0.2, 0.25) is 0 Å². The van der Waals surface area contributed by atoms with Crippen LogP contribution in [0.25, 0.3) is 5.69 Å². The number of non-ortho nitro benzene ring substituents is 1. The summed E-state index contributed by atoms with van der Waals surface area (Å²) < 4.78 is 2.10. The van der Waals surface area contributed by atoms with Crippen LogP contribution in [0.1, 0.15) is 35.9 Å². The van der Waals surface area contributed by atoms with E-state index in [1.807, 2.05) is 36.4 Å². The Morgan fingerprint density at radius 3 is 2.38 bits per heavy atom. The van der Waals surface area contributed by atoms with Crippen LogP contribution < -0.4 is 0 Å². The summed E-state index contributed by atoms with van der Waals surface area (Å²) in [6.45, 7) is 3.87. The molecule has 1 heterocycles. The lowest BCUT2D eigenvalue weighted by atomic mass is 10.1. The molecule has 8 heteroatoms. The number of nitro groups is 1. The summed E-state index contributed by atoms with van der Waals surface area (Å²) in [5.74, 6) is -1.03. The first kappa shape index (κ1) is 15.4. The molecule has 0 spiro atoms. The van der Waals surface area contributed by atoms with Crippen LogP contribution in [0.15, 0.2) is 24.3 Å². The molecule has 1 aromatic heterocycles. The number of halogens is 1. The van der Waals surface area contributed by atoms with Crippen LogP contribution in [0.3, 0.4) is 0 Å². The van der Waals surface area contributed by atoms with Gasteiger partial charge in [-0.2, -0.15) is 5.10 Å². The molecule has 0 atom stereocenters. The van der Waals surface area contributed by atoms with E-state index in [9.17, 15) is 20.0 Å². The van der Waals surface area contributed by atoms with E-state index in [1.165, 1.54) is 16.8 Å². The van der Waals surface area contributed by atoms with Crippen molar-refractivity contribution in [3.63, 3.8) is 0 Å². The number of carboxylic acid groups (broad SMARTS) is 1. The zero-order valence-electron chi connectivity index (χ0n) is 11.3. The van der Waals surface area contributed by atoms with Crippen molar-refractivity contribution in [1.82, 2.24) is 9.78 Å². The summed E-state index contributed by atoms with van der Waals surface area (Å²) in [4.78, 5) is 21.4. The maximum absolute atomic E-state index is 11.2. The minimum Gasteiger partial charge on any atom is -0.476 e. The number of carboxylic acids is 1. The quantitative estimate of drug-likeness (QED) is 0.482. The van der Waals surface area contributed by atoms with Crippen molar-refractivity contribution in [2.75, 3.05) is 0 Å². The van der Waals surface area contributed by atoms with Crippen LogP contribution in [0, 0.1) is 13.7 Å². The Balaban J connectivity index is 2.59. The van der Waals surface area contributed by atoms with Crippen molar-refractivity contribution < 1.29 is 14.8 Å². The zero-order chi connectivity index (χ0) is 15.7. The second kappa shape index (κ2) is 5.80. The first-order valence-electron chi connectivity index (χ1n) is 6.09. The van der Waals surface area contributed by atoms with Gasteiger partial charge in [-0.1, -0.05) is 13.8 Å². The number of hydrogen-bond donors (Lipinski definition) is 1. The van der Waals surface area contributed by atoms with Crippen LogP contribution in [-0.4, -0.2) is 25.8 Å². The van der Waals surface area contributed by atoms with Gasteiger partial charge in [0.05, 0.1) is 19.9 Å². The second-order valence-corrected chi connectivity index (χ2v) is 5.77. The molecule has 0 aliphatic heterocycles. The molecule has 1 N–H and O–H groups in total. The lowest BCUT2D eigenvalue weighted by Gasteiger charge is -2.10. The Kier molecular flexibility index (Phi) is 4.26. The highest BCUT2D eigenvalue weighted by Crippen LogP contribution is 2.28. The number of aromatic carboxylic acids is 1. The van der Waals surface area contributed by atoms with Crippen LogP contribution in [-0.2, 0) is 0 Å². The molecule has 110 valence electrons. The number of aromatic nitrogens is 2. The van der Waals surface area contributed by atoms with Gasteiger partial charge in [-0.05, 0) is 40.6 Å². The van der Waals surface area contributed by atoms with Gasteiger partial charge in [-0.15, -0.1) is 0 Å². The minimum absolute atomic E-state index is 0.0161. The van der Waals surface area contributed by atoms with E-state index in [4.69, 9.17) is 0 Å². The lowest BCUT2D eigenvalue weighted by molar-refractivity contribution is -0.384. The number of hydrogen-bond acceptors (Lipinski definition) is 4. The highest BCUT2D eigenvalue weighted by Gasteiger charge is 2.23. The fourth-order valence-electron chi connectivity index (χ4n) is 1.96. The normalized spacial score (nSPS) is 10.9. The fourth-order valence-corrected chi connectivity index (χ4v) is 3.15. The molecular formula is C13H12IN3O4. The highest BCUT2D eigenvalue weighted by molar-refractivity contribution is 14.1. The topological polar surface area (TPSA) is 98.3 Å². The Bertz CT molecular complexity index is 707. The molecule has 0 radical (unpaired) electrons. The Hall–Kier alpha value is -1.97. The van der Waals surface area contributed by atoms with Crippen molar-refractivity contribution in [3.05, 3.63) is 49.3 Å². The van der Waals surface area contributed by atoms with E-state index < -0.39 is 10.9 Å². The molecule has 0 fully saturated rings. The molecular weight excluding hydrogens is 389 g/mol. The molecule has 0 aliphatic rings. The molecule has 0 saturated heterocycles. The molecule has 0 unspecified atom stereocenters. The maximum Gasteiger partial charge on any atom is 0.357 e. The first-order chi connectivity index (χ1) is 9.82. The van der Waals surface area contributed by atoms with E-state index in [-0.39, 0.29) is 17.3 Å².